The van der Waals surface area contributed by atoms with Crippen molar-refractivity contribution in [3.05, 3.63) is 65.7 Å². The van der Waals surface area contributed by atoms with Crippen LogP contribution in [0.2, 0.25) is 0 Å². The third-order valence-corrected chi connectivity index (χ3v) is 8.91. The summed E-state index contributed by atoms with van der Waals surface area (Å²) in [6.07, 6.45) is 7.94. The van der Waals surface area contributed by atoms with Gasteiger partial charge in [-0.1, -0.05) is 48.9 Å². The van der Waals surface area contributed by atoms with Crippen LogP contribution in [-0.4, -0.2) is 81.4 Å². The van der Waals surface area contributed by atoms with E-state index in [-0.39, 0.29) is 10.8 Å². The van der Waals surface area contributed by atoms with Crippen LogP contribution in [-0.2, 0) is 21.2 Å². The molecule has 0 unspecified atom stereocenters. The van der Waals surface area contributed by atoms with Crippen molar-refractivity contribution in [1.82, 2.24) is 14.1 Å². The molecule has 0 radical (unpaired) electrons. The molecule has 0 N–H and O–H groups in total. The van der Waals surface area contributed by atoms with Gasteiger partial charge in [-0.15, -0.1) is 0 Å². The molecule has 2 saturated heterocycles. The van der Waals surface area contributed by atoms with Crippen LogP contribution in [0.4, 0.5) is 0 Å². The molecule has 194 valence electrons. The Balaban J connectivity index is 1.30. The van der Waals surface area contributed by atoms with Gasteiger partial charge in [0.25, 0.3) is 0 Å². The van der Waals surface area contributed by atoms with Gasteiger partial charge < -0.3 is 9.64 Å². The Morgan fingerprint density at radius 2 is 1.67 bits per heavy atom. The summed E-state index contributed by atoms with van der Waals surface area (Å²) < 4.78 is 33.3. The smallest absolute Gasteiger partial charge is 0.243 e. The lowest BCUT2D eigenvalue weighted by Crippen LogP contribution is -2.48. The fourth-order valence-corrected chi connectivity index (χ4v) is 6.41. The van der Waals surface area contributed by atoms with Crippen LogP contribution in [0, 0.1) is 0 Å². The fourth-order valence-electron chi connectivity index (χ4n) is 4.85. The van der Waals surface area contributed by atoms with Crippen LogP contribution in [0.1, 0.15) is 36.8 Å². The minimum absolute atomic E-state index is 0.0980. The Bertz CT molecular complexity index is 1140. The standard InChI is InChI=1S/C28H37N3O4S/c1-35-27-14-13-26(36(33,34)31-17-6-3-7-18-31)23-25(27)12-15-28(32)30-21-19-29(20-22-30)16-8-11-24-9-4-2-5-10-24/h2,4-5,8-11,13-14,23H,3,6-7,12,15-22H2,1H3/b11-8+. The summed E-state index contributed by atoms with van der Waals surface area (Å²) in [5.41, 5.74) is 1.95. The van der Waals surface area contributed by atoms with Gasteiger partial charge in [0, 0.05) is 52.2 Å². The molecule has 7 nitrogen and oxygen atoms in total. The largest absolute Gasteiger partial charge is 0.496 e. The van der Waals surface area contributed by atoms with Crippen LogP contribution in [0.15, 0.2) is 59.5 Å². The van der Waals surface area contributed by atoms with E-state index < -0.39 is 10.0 Å². The Hall–Kier alpha value is -2.68. The van der Waals surface area contributed by atoms with Crippen molar-refractivity contribution in [3.8, 4) is 5.75 Å². The van der Waals surface area contributed by atoms with Crippen LogP contribution < -0.4 is 4.74 Å². The second kappa shape index (κ2) is 12.5. The molecule has 2 heterocycles. The Kier molecular flexibility index (Phi) is 9.18. The summed E-state index contributed by atoms with van der Waals surface area (Å²) in [5, 5.41) is 0. The van der Waals surface area contributed by atoms with Crippen LogP contribution in [0.3, 0.4) is 0 Å². The first-order chi connectivity index (χ1) is 17.5. The highest BCUT2D eigenvalue weighted by Crippen LogP contribution is 2.27. The van der Waals surface area contributed by atoms with Gasteiger partial charge in [-0.2, -0.15) is 4.31 Å². The minimum atomic E-state index is -3.53. The number of nitrogens with zero attached hydrogens (tertiary/aromatic N) is 3. The summed E-state index contributed by atoms with van der Waals surface area (Å²) in [7, 11) is -1.95. The molecule has 0 aromatic heterocycles. The molecular weight excluding hydrogens is 474 g/mol. The van der Waals surface area contributed by atoms with Gasteiger partial charge in [-0.3, -0.25) is 9.69 Å². The fraction of sp³-hybridized carbons (Fsp3) is 0.464. The molecule has 2 fully saturated rings. The second-order valence-electron chi connectivity index (χ2n) is 9.43. The van der Waals surface area contributed by atoms with E-state index in [1.807, 2.05) is 23.1 Å². The molecule has 2 aromatic rings. The van der Waals surface area contributed by atoms with Gasteiger partial charge in [0.2, 0.25) is 15.9 Å². The molecule has 0 aliphatic carbocycles. The summed E-state index contributed by atoms with van der Waals surface area (Å²) >= 11 is 0. The number of amides is 1. The maximum Gasteiger partial charge on any atom is 0.243 e. The van der Waals surface area contributed by atoms with Gasteiger partial charge in [0.1, 0.15) is 5.75 Å². The Labute approximate surface area is 215 Å². The van der Waals surface area contributed by atoms with E-state index in [1.165, 1.54) is 5.56 Å². The number of sulfonamides is 1. The van der Waals surface area contributed by atoms with Crippen molar-refractivity contribution in [3.63, 3.8) is 0 Å². The van der Waals surface area contributed by atoms with Gasteiger partial charge in [0.05, 0.1) is 12.0 Å². The molecule has 0 spiro atoms. The van der Waals surface area contributed by atoms with Gasteiger partial charge in [-0.25, -0.2) is 8.42 Å². The molecule has 0 saturated carbocycles. The van der Waals surface area contributed by atoms with E-state index in [4.69, 9.17) is 4.74 Å². The Morgan fingerprint density at radius 1 is 0.944 bits per heavy atom. The van der Waals surface area contributed by atoms with Gasteiger partial charge >= 0.3 is 0 Å². The lowest BCUT2D eigenvalue weighted by atomic mass is 10.1. The van der Waals surface area contributed by atoms with Gasteiger partial charge in [0.15, 0.2) is 0 Å². The van der Waals surface area contributed by atoms with Crippen molar-refractivity contribution in [2.75, 3.05) is 52.9 Å². The number of hydrogen-bond donors (Lipinski definition) is 0. The number of ether oxygens (including phenoxy) is 1. The molecule has 1 amide bonds. The molecule has 0 atom stereocenters. The highest BCUT2D eigenvalue weighted by Gasteiger charge is 2.27. The number of piperidine rings is 1. The van der Waals surface area contributed by atoms with E-state index in [0.717, 1.165) is 44.5 Å². The molecule has 0 bridgehead atoms. The highest BCUT2D eigenvalue weighted by molar-refractivity contribution is 7.89. The third-order valence-electron chi connectivity index (χ3n) is 7.01. The summed E-state index contributed by atoms with van der Waals surface area (Å²) in [6, 6.07) is 15.2. The lowest BCUT2D eigenvalue weighted by Gasteiger charge is -2.34. The van der Waals surface area contributed by atoms with Crippen LogP contribution >= 0.6 is 0 Å². The average Bonchev–Trinajstić information content (AvgIpc) is 2.93. The zero-order chi connectivity index (χ0) is 25.4. The number of carbonyl (C=O) groups excluding carboxylic acids is 1. The molecule has 4 rings (SSSR count). The number of rotatable bonds is 9. The van der Waals surface area contributed by atoms with Crippen molar-refractivity contribution in [2.24, 2.45) is 0 Å². The minimum Gasteiger partial charge on any atom is -0.496 e. The lowest BCUT2D eigenvalue weighted by molar-refractivity contribution is -0.132. The molecule has 8 heteroatoms. The van der Waals surface area contributed by atoms with E-state index in [2.05, 4.69) is 29.2 Å². The third kappa shape index (κ3) is 6.75. The van der Waals surface area contributed by atoms with Crippen LogP contribution in [0.5, 0.6) is 5.75 Å². The Morgan fingerprint density at radius 3 is 2.36 bits per heavy atom. The number of methoxy groups -OCH3 is 1. The van der Waals surface area contributed by atoms with Crippen molar-refractivity contribution >= 4 is 22.0 Å². The van der Waals surface area contributed by atoms with Crippen molar-refractivity contribution in [2.45, 2.75) is 37.0 Å². The molecular formula is C28H37N3O4S. The maximum absolute atomic E-state index is 13.1. The molecule has 2 aliphatic rings. The molecule has 2 aromatic carbocycles. The predicted molar refractivity (Wildman–Crippen MR) is 142 cm³/mol. The first kappa shape index (κ1) is 26.4. The molecule has 36 heavy (non-hydrogen) atoms. The van der Waals surface area contributed by atoms with E-state index in [1.54, 1.807) is 29.6 Å². The number of benzene rings is 2. The van der Waals surface area contributed by atoms with Crippen molar-refractivity contribution in [1.29, 1.82) is 0 Å². The topological polar surface area (TPSA) is 70.2 Å². The summed E-state index contributed by atoms with van der Waals surface area (Å²) in [5.74, 6) is 0.719. The predicted octanol–water partition coefficient (Wildman–Crippen LogP) is 3.66. The van der Waals surface area contributed by atoms with E-state index >= 15 is 0 Å². The van der Waals surface area contributed by atoms with Crippen LogP contribution in [0.25, 0.3) is 6.08 Å². The highest BCUT2D eigenvalue weighted by atomic mass is 32.2. The first-order valence-corrected chi connectivity index (χ1v) is 14.3. The zero-order valence-corrected chi connectivity index (χ0v) is 22.0. The zero-order valence-electron chi connectivity index (χ0n) is 21.1. The second-order valence-corrected chi connectivity index (χ2v) is 11.4. The maximum atomic E-state index is 13.1. The number of hydrogen-bond acceptors (Lipinski definition) is 5. The quantitative estimate of drug-likeness (QED) is 0.514. The van der Waals surface area contributed by atoms with E-state index in [0.29, 0.717) is 44.8 Å². The molecule has 2 aliphatic heterocycles. The van der Waals surface area contributed by atoms with E-state index in [9.17, 15) is 13.2 Å². The summed E-state index contributed by atoms with van der Waals surface area (Å²) in [4.78, 5) is 17.5. The normalized spacial score (nSPS) is 18.0. The van der Waals surface area contributed by atoms with Gasteiger partial charge in [-0.05, 0) is 48.6 Å². The number of carbonyl (C=O) groups is 1. The van der Waals surface area contributed by atoms with Crippen molar-refractivity contribution < 1.29 is 17.9 Å². The SMILES string of the molecule is COc1ccc(S(=O)(=O)N2CCCCC2)cc1CCC(=O)N1CCN(C/C=C/c2ccccc2)CC1. The average molecular weight is 512 g/mol. The first-order valence-electron chi connectivity index (χ1n) is 12.9. The number of aryl methyl sites for hydroxylation is 1. The number of piperazine rings is 1. The summed E-state index contributed by atoms with van der Waals surface area (Å²) in [6.45, 7) is 5.10. The monoisotopic (exact) mass is 511 g/mol.